The maximum atomic E-state index is 10.1. The van der Waals surface area contributed by atoms with Crippen molar-refractivity contribution in [1.29, 1.82) is 0 Å². The van der Waals surface area contributed by atoms with Crippen molar-refractivity contribution < 1.29 is 10.2 Å². The molecule has 0 rings (SSSR count). The second-order valence-corrected chi connectivity index (χ2v) is 4.70. The molecule has 0 aromatic carbocycles. The molecule has 0 aliphatic rings. The molecule has 0 fully saturated rings. The topological polar surface area (TPSA) is 55.7 Å². The van der Waals surface area contributed by atoms with Crippen LogP contribution in [-0.4, -0.2) is 59.5 Å². The fourth-order valence-electron chi connectivity index (χ4n) is 1.82. The molecule has 4 nitrogen and oxygen atoms in total. The minimum Gasteiger partial charge on any atom is -0.390 e. The van der Waals surface area contributed by atoms with E-state index in [4.69, 9.17) is 0 Å². The molecule has 0 saturated heterocycles. The number of hydrogen-bond donors (Lipinski definition) is 3. The Kier molecular flexibility index (Phi) is 8.78. The van der Waals surface area contributed by atoms with Crippen LogP contribution in [0, 0.1) is 0 Å². The summed E-state index contributed by atoms with van der Waals surface area (Å²) in [5.41, 5.74) is -0.630. The van der Waals surface area contributed by atoms with Crippen molar-refractivity contribution in [3.63, 3.8) is 0 Å². The summed E-state index contributed by atoms with van der Waals surface area (Å²) in [4.78, 5) is 2.19. The predicted molar refractivity (Wildman–Crippen MR) is 72.2 cm³/mol. The fourth-order valence-corrected chi connectivity index (χ4v) is 1.82. The molecule has 0 aromatic rings. The highest BCUT2D eigenvalue weighted by Crippen LogP contribution is 2.12. The first kappa shape index (κ1) is 16.8. The van der Waals surface area contributed by atoms with E-state index >= 15 is 0 Å². The average molecular weight is 246 g/mol. The van der Waals surface area contributed by atoms with Gasteiger partial charge in [0.05, 0.1) is 11.7 Å². The molecule has 104 valence electrons. The Balaban J connectivity index is 3.80. The largest absolute Gasteiger partial charge is 0.390 e. The van der Waals surface area contributed by atoms with Crippen LogP contribution in [0.25, 0.3) is 0 Å². The molecule has 0 heterocycles. The lowest BCUT2D eigenvalue weighted by Gasteiger charge is -2.27. The van der Waals surface area contributed by atoms with E-state index in [1.54, 1.807) is 0 Å². The SMILES string of the molecule is CCN(CC)CC(O)CNCC(O)(CC)CC. The van der Waals surface area contributed by atoms with Gasteiger partial charge in [0.15, 0.2) is 0 Å². The van der Waals surface area contributed by atoms with Crippen LogP contribution in [-0.2, 0) is 0 Å². The summed E-state index contributed by atoms with van der Waals surface area (Å²) in [6.07, 6.45) is 1.11. The highest BCUT2D eigenvalue weighted by atomic mass is 16.3. The standard InChI is InChI=1S/C13H30N2O2/c1-5-13(17,6-2)11-14-9-12(16)10-15(7-3)8-4/h12,14,16-17H,5-11H2,1-4H3. The Morgan fingerprint density at radius 2 is 1.65 bits per heavy atom. The number of aliphatic hydroxyl groups excluding tert-OH is 1. The van der Waals surface area contributed by atoms with Crippen LogP contribution in [0.1, 0.15) is 40.5 Å². The van der Waals surface area contributed by atoms with Crippen molar-refractivity contribution in [3.8, 4) is 0 Å². The van der Waals surface area contributed by atoms with E-state index in [-0.39, 0.29) is 6.10 Å². The highest BCUT2D eigenvalue weighted by Gasteiger charge is 2.21. The Hall–Kier alpha value is -0.160. The first-order valence-corrected chi connectivity index (χ1v) is 6.84. The van der Waals surface area contributed by atoms with E-state index in [9.17, 15) is 10.2 Å². The van der Waals surface area contributed by atoms with Crippen molar-refractivity contribution in [2.45, 2.75) is 52.2 Å². The van der Waals surface area contributed by atoms with E-state index in [0.29, 0.717) is 19.6 Å². The molecule has 0 aliphatic heterocycles. The van der Waals surface area contributed by atoms with Gasteiger partial charge in [-0.25, -0.2) is 0 Å². The van der Waals surface area contributed by atoms with Crippen LogP contribution in [0.3, 0.4) is 0 Å². The monoisotopic (exact) mass is 246 g/mol. The molecular weight excluding hydrogens is 216 g/mol. The summed E-state index contributed by atoms with van der Waals surface area (Å²) in [5.74, 6) is 0. The number of rotatable bonds is 10. The smallest absolute Gasteiger partial charge is 0.0791 e. The van der Waals surface area contributed by atoms with E-state index < -0.39 is 5.60 Å². The van der Waals surface area contributed by atoms with Gasteiger partial charge in [-0.3, -0.25) is 0 Å². The summed E-state index contributed by atoms with van der Waals surface area (Å²) >= 11 is 0. The number of nitrogens with zero attached hydrogens (tertiary/aromatic N) is 1. The second kappa shape index (κ2) is 8.86. The molecule has 0 aliphatic carbocycles. The van der Waals surface area contributed by atoms with Crippen molar-refractivity contribution in [2.75, 3.05) is 32.7 Å². The van der Waals surface area contributed by atoms with Crippen LogP contribution >= 0.6 is 0 Å². The van der Waals surface area contributed by atoms with Crippen LogP contribution in [0.4, 0.5) is 0 Å². The molecule has 3 N–H and O–H groups in total. The lowest BCUT2D eigenvalue weighted by molar-refractivity contribution is 0.0278. The first-order chi connectivity index (χ1) is 8.01. The molecule has 4 heteroatoms. The first-order valence-electron chi connectivity index (χ1n) is 6.84. The lowest BCUT2D eigenvalue weighted by atomic mass is 9.97. The summed E-state index contributed by atoms with van der Waals surface area (Å²) < 4.78 is 0. The Morgan fingerprint density at radius 3 is 2.06 bits per heavy atom. The van der Waals surface area contributed by atoms with Gasteiger partial charge in [0.25, 0.3) is 0 Å². The van der Waals surface area contributed by atoms with E-state index in [0.717, 1.165) is 25.9 Å². The van der Waals surface area contributed by atoms with Gasteiger partial charge >= 0.3 is 0 Å². The molecule has 17 heavy (non-hydrogen) atoms. The summed E-state index contributed by atoms with van der Waals surface area (Å²) in [5, 5.41) is 23.1. The average Bonchev–Trinajstić information content (AvgIpc) is 2.35. The van der Waals surface area contributed by atoms with Crippen molar-refractivity contribution in [2.24, 2.45) is 0 Å². The van der Waals surface area contributed by atoms with E-state index in [1.165, 1.54) is 0 Å². The van der Waals surface area contributed by atoms with Crippen LogP contribution in [0.5, 0.6) is 0 Å². The molecule has 0 amide bonds. The Morgan fingerprint density at radius 1 is 1.12 bits per heavy atom. The predicted octanol–water partition coefficient (Wildman–Crippen LogP) is 0.830. The molecule has 1 unspecified atom stereocenters. The minimum absolute atomic E-state index is 0.368. The van der Waals surface area contributed by atoms with Gasteiger partial charge in [0.2, 0.25) is 0 Å². The fraction of sp³-hybridized carbons (Fsp3) is 1.00. The quantitative estimate of drug-likeness (QED) is 0.534. The third-order valence-electron chi connectivity index (χ3n) is 3.51. The third kappa shape index (κ3) is 6.99. The van der Waals surface area contributed by atoms with Gasteiger partial charge < -0.3 is 20.4 Å². The minimum atomic E-state index is -0.630. The number of likely N-dealkylation sites (N-methyl/N-ethyl adjacent to an activating group) is 1. The molecule has 0 saturated carbocycles. The number of aliphatic hydroxyl groups is 2. The van der Waals surface area contributed by atoms with Gasteiger partial charge in [-0.15, -0.1) is 0 Å². The van der Waals surface area contributed by atoms with E-state index in [1.807, 2.05) is 13.8 Å². The molecule has 1 atom stereocenters. The maximum absolute atomic E-state index is 10.1. The Bertz CT molecular complexity index is 180. The lowest BCUT2D eigenvalue weighted by Crippen LogP contribution is -2.44. The van der Waals surface area contributed by atoms with Crippen molar-refractivity contribution in [1.82, 2.24) is 10.2 Å². The summed E-state index contributed by atoms with van der Waals surface area (Å²) in [6.45, 7) is 11.9. The van der Waals surface area contributed by atoms with Gasteiger partial charge in [0, 0.05) is 19.6 Å². The van der Waals surface area contributed by atoms with Gasteiger partial charge in [0.1, 0.15) is 0 Å². The van der Waals surface area contributed by atoms with E-state index in [2.05, 4.69) is 24.1 Å². The highest BCUT2D eigenvalue weighted by molar-refractivity contribution is 4.78. The van der Waals surface area contributed by atoms with Crippen LogP contribution < -0.4 is 5.32 Å². The number of hydrogen-bond acceptors (Lipinski definition) is 4. The molecule has 0 spiro atoms. The zero-order valence-corrected chi connectivity index (χ0v) is 11.9. The third-order valence-corrected chi connectivity index (χ3v) is 3.51. The molecule has 0 bridgehead atoms. The van der Waals surface area contributed by atoms with Crippen LogP contribution in [0.2, 0.25) is 0 Å². The molecule has 0 aromatic heterocycles. The molecular formula is C13H30N2O2. The zero-order chi connectivity index (χ0) is 13.3. The van der Waals surface area contributed by atoms with Crippen molar-refractivity contribution in [3.05, 3.63) is 0 Å². The second-order valence-electron chi connectivity index (χ2n) is 4.70. The van der Waals surface area contributed by atoms with Gasteiger partial charge in [-0.05, 0) is 25.9 Å². The van der Waals surface area contributed by atoms with Crippen molar-refractivity contribution >= 4 is 0 Å². The van der Waals surface area contributed by atoms with Crippen LogP contribution in [0.15, 0.2) is 0 Å². The molecule has 0 radical (unpaired) electrons. The number of nitrogens with one attached hydrogen (secondary N) is 1. The summed E-state index contributed by atoms with van der Waals surface area (Å²) in [7, 11) is 0. The van der Waals surface area contributed by atoms with Gasteiger partial charge in [-0.1, -0.05) is 27.7 Å². The Labute approximate surface area is 106 Å². The normalized spacial score (nSPS) is 14.3. The zero-order valence-electron chi connectivity index (χ0n) is 11.9. The maximum Gasteiger partial charge on any atom is 0.0791 e. The summed E-state index contributed by atoms with van der Waals surface area (Å²) in [6, 6.07) is 0. The van der Waals surface area contributed by atoms with Gasteiger partial charge in [-0.2, -0.15) is 0 Å².